The lowest BCUT2D eigenvalue weighted by atomic mass is 9.82. The van der Waals surface area contributed by atoms with Gasteiger partial charge in [0.25, 0.3) is 0 Å². The highest BCUT2D eigenvalue weighted by atomic mass is 14.4. The Morgan fingerprint density at radius 3 is 2.27 bits per heavy atom. The van der Waals surface area contributed by atoms with E-state index in [0.717, 1.165) is 6.42 Å². The Morgan fingerprint density at radius 1 is 0.615 bits per heavy atom. The van der Waals surface area contributed by atoms with E-state index in [1.54, 1.807) is 0 Å². The molecule has 124 valence electrons. The Kier molecular flexibility index (Phi) is 2.56. The Morgan fingerprint density at radius 2 is 1.35 bits per heavy atom. The monoisotopic (exact) mass is 332 g/mol. The van der Waals surface area contributed by atoms with Gasteiger partial charge in [-0.25, -0.2) is 0 Å². The van der Waals surface area contributed by atoms with Crippen LogP contribution >= 0.6 is 0 Å². The molecule has 0 bridgehead atoms. The molecule has 0 nitrogen and oxygen atoms in total. The van der Waals surface area contributed by atoms with Gasteiger partial charge >= 0.3 is 0 Å². The second kappa shape index (κ2) is 4.65. The zero-order valence-electron chi connectivity index (χ0n) is 15.1. The van der Waals surface area contributed by atoms with E-state index in [0.29, 0.717) is 0 Å². The Hall–Kier alpha value is -2.86. The van der Waals surface area contributed by atoms with Crippen molar-refractivity contribution in [2.45, 2.75) is 25.7 Å². The van der Waals surface area contributed by atoms with Crippen molar-refractivity contribution in [1.29, 1.82) is 0 Å². The van der Waals surface area contributed by atoms with Gasteiger partial charge in [-0.15, -0.1) is 0 Å². The van der Waals surface area contributed by atoms with E-state index < -0.39 is 0 Å². The van der Waals surface area contributed by atoms with Gasteiger partial charge < -0.3 is 0 Å². The third-order valence-corrected chi connectivity index (χ3v) is 6.54. The molecule has 2 aliphatic carbocycles. The first-order valence-corrected chi connectivity index (χ1v) is 9.43. The molecule has 0 unspecified atom stereocenters. The minimum atomic E-state index is 0.0811. The van der Waals surface area contributed by atoms with Gasteiger partial charge in [0.05, 0.1) is 0 Å². The van der Waals surface area contributed by atoms with Crippen LogP contribution in [-0.2, 0) is 11.8 Å². The van der Waals surface area contributed by atoms with E-state index in [1.807, 2.05) is 0 Å². The van der Waals surface area contributed by atoms with Crippen molar-refractivity contribution in [3.63, 3.8) is 0 Å². The second-order valence-electron chi connectivity index (χ2n) is 8.17. The molecule has 0 radical (unpaired) electrons. The number of hydrogen-bond acceptors (Lipinski definition) is 0. The fourth-order valence-corrected chi connectivity index (χ4v) is 5.26. The van der Waals surface area contributed by atoms with Gasteiger partial charge in [-0.2, -0.15) is 0 Å². The van der Waals surface area contributed by atoms with Crippen molar-refractivity contribution in [3.05, 3.63) is 95.1 Å². The van der Waals surface area contributed by atoms with Crippen LogP contribution in [0.5, 0.6) is 0 Å². The Labute approximate surface area is 154 Å². The van der Waals surface area contributed by atoms with Gasteiger partial charge in [0.1, 0.15) is 0 Å². The van der Waals surface area contributed by atoms with Crippen LogP contribution < -0.4 is 0 Å². The van der Waals surface area contributed by atoms with E-state index in [9.17, 15) is 0 Å². The van der Waals surface area contributed by atoms with Crippen LogP contribution in [0.15, 0.2) is 72.8 Å². The standard InChI is InChI=1S/C26H20/c1-26(2)23-10-6-5-9-20(23)25-22-15-21-17-8-4-3-7-16(17)11-12-18(21)19(22)13-14-24(25)26/h3-14H,15H2,1-2H3. The molecule has 0 aromatic heterocycles. The largest absolute Gasteiger partial charge is 0.0619 e. The molecule has 6 rings (SSSR count). The van der Waals surface area contributed by atoms with Gasteiger partial charge in [-0.05, 0) is 61.7 Å². The zero-order valence-corrected chi connectivity index (χ0v) is 15.1. The first-order chi connectivity index (χ1) is 12.7. The van der Waals surface area contributed by atoms with E-state index >= 15 is 0 Å². The molecule has 2 aliphatic rings. The first kappa shape index (κ1) is 14.3. The number of benzene rings is 4. The van der Waals surface area contributed by atoms with E-state index in [1.165, 1.54) is 55.3 Å². The minimum Gasteiger partial charge on any atom is -0.0619 e. The fourth-order valence-electron chi connectivity index (χ4n) is 5.26. The van der Waals surface area contributed by atoms with Crippen LogP contribution in [0.25, 0.3) is 33.0 Å². The van der Waals surface area contributed by atoms with Crippen LogP contribution in [0.3, 0.4) is 0 Å². The summed E-state index contributed by atoms with van der Waals surface area (Å²) in [5.74, 6) is 0. The van der Waals surface area contributed by atoms with Crippen molar-refractivity contribution in [2.24, 2.45) is 0 Å². The Bertz CT molecular complexity index is 1220. The van der Waals surface area contributed by atoms with Gasteiger partial charge in [0.15, 0.2) is 0 Å². The van der Waals surface area contributed by atoms with Crippen LogP contribution in [0.2, 0.25) is 0 Å². The predicted molar refractivity (Wildman–Crippen MR) is 110 cm³/mol. The average molecular weight is 332 g/mol. The molecule has 0 saturated heterocycles. The summed E-state index contributed by atoms with van der Waals surface area (Å²) in [5.41, 5.74) is 11.8. The third kappa shape index (κ3) is 1.60. The summed E-state index contributed by atoms with van der Waals surface area (Å²) in [6.07, 6.45) is 1.04. The maximum absolute atomic E-state index is 2.37. The molecule has 0 N–H and O–H groups in total. The molecule has 0 atom stereocenters. The minimum absolute atomic E-state index is 0.0811. The summed E-state index contributed by atoms with van der Waals surface area (Å²) >= 11 is 0. The molecule has 0 amide bonds. The summed E-state index contributed by atoms with van der Waals surface area (Å²) in [6, 6.07) is 27.1. The van der Waals surface area contributed by atoms with Gasteiger partial charge in [0.2, 0.25) is 0 Å². The average Bonchev–Trinajstić information content (AvgIpc) is 3.16. The quantitative estimate of drug-likeness (QED) is 0.295. The topological polar surface area (TPSA) is 0 Å². The van der Waals surface area contributed by atoms with Crippen LogP contribution in [0.1, 0.15) is 36.1 Å². The van der Waals surface area contributed by atoms with E-state index in [-0.39, 0.29) is 5.41 Å². The Balaban J connectivity index is 1.69. The highest BCUT2D eigenvalue weighted by Crippen LogP contribution is 2.54. The zero-order chi connectivity index (χ0) is 17.5. The molecular formula is C26H20. The summed E-state index contributed by atoms with van der Waals surface area (Å²) in [4.78, 5) is 0. The van der Waals surface area contributed by atoms with Crippen molar-refractivity contribution in [3.8, 4) is 22.3 Å². The fraction of sp³-hybridized carbons (Fsp3) is 0.154. The molecule has 4 aromatic rings. The lowest BCUT2D eigenvalue weighted by Gasteiger charge is -2.21. The maximum Gasteiger partial charge on any atom is 0.0158 e. The molecule has 0 fully saturated rings. The highest BCUT2D eigenvalue weighted by Gasteiger charge is 2.38. The van der Waals surface area contributed by atoms with E-state index in [2.05, 4.69) is 86.6 Å². The smallest absolute Gasteiger partial charge is 0.0158 e. The lowest BCUT2D eigenvalue weighted by molar-refractivity contribution is 0.660. The summed E-state index contributed by atoms with van der Waals surface area (Å²) < 4.78 is 0. The molecule has 0 heteroatoms. The van der Waals surface area contributed by atoms with Crippen LogP contribution in [0, 0.1) is 0 Å². The van der Waals surface area contributed by atoms with Crippen LogP contribution in [-0.4, -0.2) is 0 Å². The second-order valence-corrected chi connectivity index (χ2v) is 8.17. The predicted octanol–water partition coefficient (Wildman–Crippen LogP) is 6.72. The van der Waals surface area contributed by atoms with Crippen LogP contribution in [0.4, 0.5) is 0 Å². The molecule has 4 aromatic carbocycles. The van der Waals surface area contributed by atoms with Gasteiger partial charge in [0, 0.05) is 5.41 Å². The van der Waals surface area contributed by atoms with E-state index in [4.69, 9.17) is 0 Å². The lowest BCUT2D eigenvalue weighted by Crippen LogP contribution is -2.14. The SMILES string of the molecule is CC1(C)c2ccccc2-c2c1ccc1c2Cc2c-1ccc1ccccc21. The summed E-state index contributed by atoms with van der Waals surface area (Å²) in [6.45, 7) is 4.73. The first-order valence-electron chi connectivity index (χ1n) is 9.43. The molecule has 0 spiro atoms. The molecule has 0 saturated carbocycles. The number of hydrogen-bond donors (Lipinski definition) is 0. The number of rotatable bonds is 0. The van der Waals surface area contributed by atoms with Crippen molar-refractivity contribution < 1.29 is 0 Å². The molecule has 0 aliphatic heterocycles. The normalized spacial score (nSPS) is 15.5. The van der Waals surface area contributed by atoms with Crippen molar-refractivity contribution in [2.75, 3.05) is 0 Å². The van der Waals surface area contributed by atoms with Crippen molar-refractivity contribution in [1.82, 2.24) is 0 Å². The van der Waals surface area contributed by atoms with Gasteiger partial charge in [-0.3, -0.25) is 0 Å². The van der Waals surface area contributed by atoms with Gasteiger partial charge in [-0.1, -0.05) is 86.6 Å². The molecule has 0 heterocycles. The van der Waals surface area contributed by atoms with Crippen molar-refractivity contribution >= 4 is 10.8 Å². The summed E-state index contributed by atoms with van der Waals surface area (Å²) in [7, 11) is 0. The number of fused-ring (bicyclic) bond motifs is 9. The molecular weight excluding hydrogens is 312 g/mol. The highest BCUT2D eigenvalue weighted by molar-refractivity contribution is 5.98. The third-order valence-electron chi connectivity index (χ3n) is 6.54. The maximum atomic E-state index is 2.37. The summed E-state index contributed by atoms with van der Waals surface area (Å²) in [5, 5.41) is 2.75. The molecule has 26 heavy (non-hydrogen) atoms.